The number of nitrogens with zero attached hydrogens (tertiary/aromatic N) is 1. The van der Waals surface area contributed by atoms with E-state index in [4.69, 9.17) is 0 Å². The van der Waals surface area contributed by atoms with Gasteiger partial charge in [0.25, 0.3) is 11.5 Å². The number of amides is 2. The second kappa shape index (κ2) is 6.64. The van der Waals surface area contributed by atoms with Crippen molar-refractivity contribution in [3.63, 3.8) is 0 Å². The number of fused-ring (bicyclic) bond motifs is 1. The molecule has 2 heterocycles. The molecule has 0 radical (unpaired) electrons. The lowest BCUT2D eigenvalue weighted by Crippen LogP contribution is -2.33. The summed E-state index contributed by atoms with van der Waals surface area (Å²) in [7, 11) is 0. The molecule has 0 aliphatic carbocycles. The van der Waals surface area contributed by atoms with Crippen molar-refractivity contribution >= 4 is 22.7 Å². The first-order valence-electron chi connectivity index (χ1n) is 7.83. The minimum absolute atomic E-state index is 0.112. The van der Waals surface area contributed by atoms with Crippen LogP contribution in [0.15, 0.2) is 35.1 Å². The average molecular weight is 313 g/mol. The van der Waals surface area contributed by atoms with Gasteiger partial charge in [-0.25, -0.2) is 0 Å². The standard InChI is InChI=1S/C17H19N3O3/c21-15-7-3-9-20(15)10-4-8-18-16(22)13-11-12-5-1-2-6-14(12)19-17(13)23/h1-2,5-6,11H,3-4,7-10H2,(H,18,22)(H,19,23). The van der Waals surface area contributed by atoms with Crippen molar-refractivity contribution < 1.29 is 9.59 Å². The van der Waals surface area contributed by atoms with Gasteiger partial charge in [-0.15, -0.1) is 0 Å². The number of benzene rings is 1. The number of carbonyl (C=O) groups excluding carboxylic acids is 2. The highest BCUT2D eigenvalue weighted by atomic mass is 16.2. The Morgan fingerprint density at radius 1 is 1.26 bits per heavy atom. The van der Waals surface area contributed by atoms with Crippen LogP contribution in [0, 0.1) is 0 Å². The summed E-state index contributed by atoms with van der Waals surface area (Å²) in [6.07, 6.45) is 2.22. The number of H-pyrrole nitrogens is 1. The Labute approximate surface area is 133 Å². The van der Waals surface area contributed by atoms with E-state index in [-0.39, 0.29) is 17.4 Å². The molecule has 2 amide bonds. The summed E-state index contributed by atoms with van der Waals surface area (Å²) >= 11 is 0. The summed E-state index contributed by atoms with van der Waals surface area (Å²) < 4.78 is 0. The molecule has 3 rings (SSSR count). The second-order valence-corrected chi connectivity index (χ2v) is 5.69. The third kappa shape index (κ3) is 3.41. The van der Waals surface area contributed by atoms with E-state index in [9.17, 15) is 14.4 Å². The Hall–Kier alpha value is -2.63. The van der Waals surface area contributed by atoms with Gasteiger partial charge in [0.15, 0.2) is 0 Å². The maximum absolute atomic E-state index is 12.2. The summed E-state index contributed by atoms with van der Waals surface area (Å²) in [5.74, 6) is -0.202. The van der Waals surface area contributed by atoms with Gasteiger partial charge in [0, 0.05) is 31.6 Å². The molecule has 1 aromatic heterocycles. The van der Waals surface area contributed by atoms with Crippen LogP contribution in [0.3, 0.4) is 0 Å². The lowest BCUT2D eigenvalue weighted by molar-refractivity contribution is -0.127. The highest BCUT2D eigenvalue weighted by molar-refractivity contribution is 5.97. The quantitative estimate of drug-likeness (QED) is 0.816. The number of aromatic amines is 1. The molecule has 1 aliphatic heterocycles. The normalized spacial score (nSPS) is 14.4. The number of likely N-dealkylation sites (tertiary alicyclic amines) is 1. The van der Waals surface area contributed by atoms with Gasteiger partial charge >= 0.3 is 0 Å². The van der Waals surface area contributed by atoms with E-state index in [2.05, 4.69) is 10.3 Å². The number of hydrogen-bond acceptors (Lipinski definition) is 3. The monoisotopic (exact) mass is 313 g/mol. The van der Waals surface area contributed by atoms with Crippen molar-refractivity contribution in [1.82, 2.24) is 15.2 Å². The Balaban J connectivity index is 1.59. The zero-order valence-electron chi connectivity index (χ0n) is 12.8. The number of aromatic nitrogens is 1. The van der Waals surface area contributed by atoms with Crippen LogP contribution in [0.5, 0.6) is 0 Å². The first-order valence-corrected chi connectivity index (χ1v) is 7.83. The molecule has 0 atom stereocenters. The molecule has 0 spiro atoms. The number of pyridine rings is 1. The lowest BCUT2D eigenvalue weighted by Gasteiger charge is -2.15. The van der Waals surface area contributed by atoms with E-state index in [0.717, 1.165) is 18.4 Å². The molecule has 0 unspecified atom stereocenters. The van der Waals surface area contributed by atoms with Crippen LogP contribution >= 0.6 is 0 Å². The van der Waals surface area contributed by atoms with Gasteiger partial charge in [0.1, 0.15) is 5.56 Å². The molecule has 2 N–H and O–H groups in total. The first-order chi connectivity index (χ1) is 11.1. The minimum atomic E-state index is -0.393. The van der Waals surface area contributed by atoms with Crippen molar-refractivity contribution in [3.8, 4) is 0 Å². The maximum atomic E-state index is 12.2. The molecule has 0 bridgehead atoms. The van der Waals surface area contributed by atoms with Gasteiger partial charge in [-0.05, 0) is 30.4 Å². The Morgan fingerprint density at radius 3 is 2.87 bits per heavy atom. The minimum Gasteiger partial charge on any atom is -0.352 e. The third-order valence-corrected chi connectivity index (χ3v) is 4.06. The smallest absolute Gasteiger partial charge is 0.261 e. The summed E-state index contributed by atoms with van der Waals surface area (Å²) in [5, 5.41) is 3.57. The predicted octanol–water partition coefficient (Wildman–Crippen LogP) is 1.27. The summed E-state index contributed by atoms with van der Waals surface area (Å²) in [6, 6.07) is 8.94. The SMILES string of the molecule is O=C(NCCCN1CCCC1=O)c1cc2ccccc2[nH]c1=O. The third-order valence-electron chi connectivity index (χ3n) is 4.06. The Morgan fingerprint density at radius 2 is 2.09 bits per heavy atom. The summed E-state index contributed by atoms with van der Waals surface area (Å²) in [6.45, 7) is 1.89. The average Bonchev–Trinajstić information content (AvgIpc) is 2.96. The fraction of sp³-hybridized carbons (Fsp3) is 0.353. The Bertz CT molecular complexity index is 797. The van der Waals surface area contributed by atoms with Crippen molar-refractivity contribution in [3.05, 3.63) is 46.2 Å². The zero-order chi connectivity index (χ0) is 16.2. The highest BCUT2D eigenvalue weighted by Crippen LogP contribution is 2.11. The fourth-order valence-corrected chi connectivity index (χ4v) is 2.82. The number of hydrogen-bond donors (Lipinski definition) is 2. The van der Waals surface area contributed by atoms with Gasteiger partial charge in [-0.3, -0.25) is 14.4 Å². The molecule has 120 valence electrons. The molecular weight excluding hydrogens is 294 g/mol. The number of carbonyl (C=O) groups is 2. The first kappa shape index (κ1) is 15.3. The van der Waals surface area contributed by atoms with Crippen molar-refractivity contribution in [1.29, 1.82) is 0 Å². The number of para-hydroxylation sites is 1. The van der Waals surface area contributed by atoms with Crippen LogP contribution in [-0.4, -0.2) is 41.3 Å². The van der Waals surface area contributed by atoms with Gasteiger partial charge in [-0.2, -0.15) is 0 Å². The molecule has 1 aliphatic rings. The zero-order valence-corrected chi connectivity index (χ0v) is 12.8. The largest absolute Gasteiger partial charge is 0.352 e. The molecule has 23 heavy (non-hydrogen) atoms. The van der Waals surface area contributed by atoms with E-state index < -0.39 is 5.56 Å². The van der Waals surface area contributed by atoms with Crippen LogP contribution < -0.4 is 10.9 Å². The van der Waals surface area contributed by atoms with Gasteiger partial charge < -0.3 is 15.2 Å². The van der Waals surface area contributed by atoms with E-state index in [1.54, 1.807) is 12.1 Å². The van der Waals surface area contributed by atoms with Crippen LogP contribution in [0.25, 0.3) is 10.9 Å². The molecule has 0 saturated carbocycles. The van der Waals surface area contributed by atoms with E-state index >= 15 is 0 Å². The predicted molar refractivity (Wildman–Crippen MR) is 87.3 cm³/mol. The summed E-state index contributed by atoms with van der Waals surface area (Å²) in [4.78, 5) is 40.2. The van der Waals surface area contributed by atoms with Crippen molar-refractivity contribution in [2.24, 2.45) is 0 Å². The van der Waals surface area contributed by atoms with Crippen LogP contribution in [0.2, 0.25) is 0 Å². The molecule has 2 aromatic rings. The molecular formula is C17H19N3O3. The highest BCUT2D eigenvalue weighted by Gasteiger charge is 2.19. The number of nitrogens with one attached hydrogen (secondary N) is 2. The van der Waals surface area contributed by atoms with Crippen LogP contribution in [0.4, 0.5) is 0 Å². The van der Waals surface area contributed by atoms with Gasteiger partial charge in [0.2, 0.25) is 5.91 Å². The number of rotatable bonds is 5. The van der Waals surface area contributed by atoms with Crippen LogP contribution in [0.1, 0.15) is 29.6 Å². The van der Waals surface area contributed by atoms with Gasteiger partial charge in [0.05, 0.1) is 0 Å². The van der Waals surface area contributed by atoms with E-state index in [0.29, 0.717) is 31.4 Å². The molecule has 1 aromatic carbocycles. The van der Waals surface area contributed by atoms with Crippen molar-refractivity contribution in [2.45, 2.75) is 19.3 Å². The molecule has 1 fully saturated rings. The second-order valence-electron chi connectivity index (χ2n) is 5.69. The van der Waals surface area contributed by atoms with E-state index in [1.165, 1.54) is 0 Å². The van der Waals surface area contributed by atoms with Crippen molar-refractivity contribution in [2.75, 3.05) is 19.6 Å². The van der Waals surface area contributed by atoms with E-state index in [1.807, 2.05) is 23.1 Å². The van der Waals surface area contributed by atoms with Crippen LogP contribution in [-0.2, 0) is 4.79 Å². The summed E-state index contributed by atoms with van der Waals surface area (Å²) in [5.41, 5.74) is 0.429. The molecule has 6 heteroatoms. The topological polar surface area (TPSA) is 82.3 Å². The fourth-order valence-electron chi connectivity index (χ4n) is 2.82. The maximum Gasteiger partial charge on any atom is 0.261 e. The molecule has 6 nitrogen and oxygen atoms in total. The Kier molecular flexibility index (Phi) is 4.41. The lowest BCUT2D eigenvalue weighted by atomic mass is 10.1. The molecule has 1 saturated heterocycles. The van der Waals surface area contributed by atoms with Gasteiger partial charge in [-0.1, -0.05) is 18.2 Å².